The Balaban J connectivity index is 1.80. The molecule has 2 saturated heterocycles. The molecule has 3 rings (SSSR count). The third kappa shape index (κ3) is 2.59. The number of rotatable bonds is 3. The normalized spacial score (nSPS) is 33.3. The smallest absolute Gasteiger partial charge is 0.297 e. The van der Waals surface area contributed by atoms with Crippen LogP contribution < -0.4 is 0 Å². The molecule has 0 spiro atoms. The lowest BCUT2D eigenvalue weighted by Gasteiger charge is -2.31. The Morgan fingerprint density at radius 2 is 2.00 bits per heavy atom. The third-order valence-corrected chi connectivity index (χ3v) is 4.83. The highest BCUT2D eigenvalue weighted by Gasteiger charge is 2.46. The van der Waals surface area contributed by atoms with Gasteiger partial charge in [-0.05, 0) is 19.1 Å². The fourth-order valence-corrected chi connectivity index (χ4v) is 3.51. The zero-order valence-corrected chi connectivity index (χ0v) is 11.7. The molecule has 0 aliphatic carbocycles. The SMILES string of the molecule is Cc1ccc(S(=O)(=O)O[C@H]2[C@H](O)C[C@@H]3OC[C@H]2O3)cc1. The third-order valence-electron chi connectivity index (χ3n) is 3.50. The van der Waals surface area contributed by atoms with E-state index in [4.69, 9.17) is 13.7 Å². The van der Waals surface area contributed by atoms with Crippen LogP contribution in [-0.2, 0) is 23.8 Å². The number of hydrogen-bond donors (Lipinski definition) is 1. The monoisotopic (exact) mass is 300 g/mol. The molecule has 0 amide bonds. The number of aliphatic hydroxyl groups excluding tert-OH is 1. The van der Waals surface area contributed by atoms with E-state index >= 15 is 0 Å². The fraction of sp³-hybridized carbons (Fsp3) is 0.538. The first kappa shape index (κ1) is 14.0. The molecular weight excluding hydrogens is 284 g/mol. The molecule has 6 nitrogen and oxygen atoms in total. The van der Waals surface area contributed by atoms with Crippen LogP contribution in [0.15, 0.2) is 29.2 Å². The Hall–Kier alpha value is -0.990. The van der Waals surface area contributed by atoms with Gasteiger partial charge < -0.3 is 14.6 Å². The predicted octanol–water partition coefficient (Wildman–Crippen LogP) is 0.575. The van der Waals surface area contributed by atoms with Crippen molar-refractivity contribution in [3.8, 4) is 0 Å². The van der Waals surface area contributed by atoms with Gasteiger partial charge in [0.15, 0.2) is 6.29 Å². The molecule has 0 radical (unpaired) electrons. The van der Waals surface area contributed by atoms with E-state index in [-0.39, 0.29) is 17.9 Å². The summed E-state index contributed by atoms with van der Waals surface area (Å²) in [4.78, 5) is 0.0661. The highest BCUT2D eigenvalue weighted by atomic mass is 32.2. The van der Waals surface area contributed by atoms with Crippen LogP contribution >= 0.6 is 0 Å². The number of benzene rings is 1. The van der Waals surface area contributed by atoms with Crippen molar-refractivity contribution in [2.45, 2.75) is 42.8 Å². The van der Waals surface area contributed by atoms with Crippen LogP contribution in [0.4, 0.5) is 0 Å². The van der Waals surface area contributed by atoms with E-state index in [1.807, 2.05) is 6.92 Å². The van der Waals surface area contributed by atoms with Crippen molar-refractivity contribution in [2.24, 2.45) is 0 Å². The number of aryl methyl sites for hydroxylation is 1. The van der Waals surface area contributed by atoms with Gasteiger partial charge in [0.2, 0.25) is 0 Å². The molecule has 2 fully saturated rings. The molecule has 1 aromatic carbocycles. The van der Waals surface area contributed by atoms with E-state index in [0.29, 0.717) is 0 Å². The highest BCUT2D eigenvalue weighted by Crippen LogP contribution is 2.31. The quantitative estimate of drug-likeness (QED) is 0.822. The molecule has 7 heteroatoms. The largest absolute Gasteiger partial charge is 0.390 e. The molecule has 0 aromatic heterocycles. The minimum atomic E-state index is -3.93. The van der Waals surface area contributed by atoms with Crippen LogP contribution in [0.2, 0.25) is 0 Å². The minimum absolute atomic E-state index is 0.0661. The fourth-order valence-electron chi connectivity index (χ4n) is 2.38. The maximum atomic E-state index is 12.2. The van der Waals surface area contributed by atoms with Crippen LogP contribution in [0.25, 0.3) is 0 Å². The number of fused-ring (bicyclic) bond motifs is 2. The topological polar surface area (TPSA) is 82.1 Å². The number of hydrogen-bond acceptors (Lipinski definition) is 6. The number of ether oxygens (including phenoxy) is 2. The molecule has 1 N–H and O–H groups in total. The molecule has 2 heterocycles. The van der Waals surface area contributed by atoms with Gasteiger partial charge in [0.1, 0.15) is 12.2 Å². The molecule has 20 heavy (non-hydrogen) atoms. The van der Waals surface area contributed by atoms with Gasteiger partial charge in [-0.2, -0.15) is 8.42 Å². The van der Waals surface area contributed by atoms with E-state index in [9.17, 15) is 13.5 Å². The Bertz CT molecular complexity index is 581. The Morgan fingerprint density at radius 3 is 2.70 bits per heavy atom. The summed E-state index contributed by atoms with van der Waals surface area (Å²) in [6, 6.07) is 6.35. The van der Waals surface area contributed by atoms with E-state index in [2.05, 4.69) is 0 Å². The zero-order chi connectivity index (χ0) is 14.3. The Kier molecular flexibility index (Phi) is 3.55. The van der Waals surface area contributed by atoms with Crippen LogP contribution in [0.5, 0.6) is 0 Å². The van der Waals surface area contributed by atoms with Crippen molar-refractivity contribution < 1.29 is 27.2 Å². The van der Waals surface area contributed by atoms with Gasteiger partial charge >= 0.3 is 0 Å². The predicted molar refractivity (Wildman–Crippen MR) is 68.5 cm³/mol. The van der Waals surface area contributed by atoms with Gasteiger partial charge in [0.05, 0.1) is 17.6 Å². The standard InChI is InChI=1S/C13H16O6S/c1-8-2-4-9(5-3-8)20(15,16)19-13-10(14)6-12-17-7-11(13)18-12/h2-5,10-14H,6-7H2,1H3/t10-,11-,12-,13+/m1/s1. The van der Waals surface area contributed by atoms with Gasteiger partial charge in [0, 0.05) is 6.42 Å². The summed E-state index contributed by atoms with van der Waals surface area (Å²) in [5.74, 6) is 0. The molecule has 2 aliphatic heterocycles. The summed E-state index contributed by atoms with van der Waals surface area (Å²) >= 11 is 0. The van der Waals surface area contributed by atoms with Crippen molar-refractivity contribution in [3.63, 3.8) is 0 Å². The average Bonchev–Trinajstić information content (AvgIpc) is 2.79. The summed E-state index contributed by atoms with van der Waals surface area (Å²) in [6.45, 7) is 2.10. The van der Waals surface area contributed by atoms with Gasteiger partial charge in [-0.3, -0.25) is 4.18 Å². The van der Waals surface area contributed by atoms with Crippen LogP contribution in [0, 0.1) is 6.92 Å². The second-order valence-electron chi connectivity index (χ2n) is 5.07. The minimum Gasteiger partial charge on any atom is -0.390 e. The Labute approximate surface area is 117 Å². The maximum absolute atomic E-state index is 12.2. The maximum Gasteiger partial charge on any atom is 0.297 e. The van der Waals surface area contributed by atoms with Crippen molar-refractivity contribution in [1.82, 2.24) is 0 Å². The second kappa shape index (κ2) is 5.09. The molecule has 2 bridgehead atoms. The highest BCUT2D eigenvalue weighted by molar-refractivity contribution is 7.86. The van der Waals surface area contributed by atoms with Crippen molar-refractivity contribution in [3.05, 3.63) is 29.8 Å². The summed E-state index contributed by atoms with van der Waals surface area (Å²) in [6.07, 6.45) is -2.65. The first-order valence-corrected chi connectivity index (χ1v) is 7.81. The Morgan fingerprint density at radius 1 is 1.30 bits per heavy atom. The molecule has 4 atom stereocenters. The average molecular weight is 300 g/mol. The van der Waals surface area contributed by atoms with Gasteiger partial charge in [-0.1, -0.05) is 17.7 Å². The summed E-state index contributed by atoms with van der Waals surface area (Å²) in [7, 11) is -3.93. The van der Waals surface area contributed by atoms with Crippen LogP contribution in [0.1, 0.15) is 12.0 Å². The lowest BCUT2D eigenvalue weighted by atomic mass is 10.0. The van der Waals surface area contributed by atoms with Gasteiger partial charge in [-0.25, -0.2) is 0 Å². The van der Waals surface area contributed by atoms with E-state index < -0.39 is 34.7 Å². The van der Waals surface area contributed by atoms with E-state index in [1.54, 1.807) is 12.1 Å². The van der Waals surface area contributed by atoms with Crippen molar-refractivity contribution in [1.29, 1.82) is 0 Å². The zero-order valence-electron chi connectivity index (χ0n) is 10.9. The molecule has 1 aromatic rings. The molecular formula is C13H16O6S. The lowest BCUT2D eigenvalue weighted by molar-refractivity contribution is -0.157. The first-order chi connectivity index (χ1) is 9.45. The summed E-state index contributed by atoms with van der Waals surface area (Å²) in [5.41, 5.74) is 0.956. The second-order valence-corrected chi connectivity index (χ2v) is 6.64. The van der Waals surface area contributed by atoms with Crippen LogP contribution in [-0.4, -0.2) is 44.7 Å². The molecule has 0 saturated carbocycles. The van der Waals surface area contributed by atoms with E-state index in [1.165, 1.54) is 12.1 Å². The molecule has 0 unspecified atom stereocenters. The van der Waals surface area contributed by atoms with Gasteiger partial charge in [-0.15, -0.1) is 0 Å². The first-order valence-electron chi connectivity index (χ1n) is 6.41. The van der Waals surface area contributed by atoms with Crippen molar-refractivity contribution in [2.75, 3.05) is 6.61 Å². The van der Waals surface area contributed by atoms with Crippen molar-refractivity contribution >= 4 is 10.1 Å². The molecule has 110 valence electrons. The summed E-state index contributed by atoms with van der Waals surface area (Å²) < 4.78 is 40.2. The number of aliphatic hydroxyl groups is 1. The lowest BCUT2D eigenvalue weighted by Crippen LogP contribution is -2.46. The van der Waals surface area contributed by atoms with E-state index in [0.717, 1.165) is 5.56 Å². The molecule has 2 aliphatic rings. The summed E-state index contributed by atoms with van der Waals surface area (Å²) in [5, 5.41) is 9.95. The van der Waals surface area contributed by atoms with Crippen LogP contribution in [0.3, 0.4) is 0 Å². The van der Waals surface area contributed by atoms with Gasteiger partial charge in [0.25, 0.3) is 10.1 Å².